The van der Waals surface area contributed by atoms with Crippen molar-refractivity contribution in [2.24, 2.45) is 17.8 Å². The zero-order valence-corrected chi connectivity index (χ0v) is 11.1. The third kappa shape index (κ3) is 1.83. The topological polar surface area (TPSA) is 41.1 Å². The Labute approximate surface area is 109 Å². The van der Waals surface area contributed by atoms with E-state index in [0.717, 1.165) is 17.8 Å². The molecule has 0 radical (unpaired) electrons. The second kappa shape index (κ2) is 3.88. The lowest BCUT2D eigenvalue weighted by Gasteiger charge is -2.56. The van der Waals surface area contributed by atoms with Gasteiger partial charge in [-0.3, -0.25) is 0 Å². The molecule has 0 aromatic heterocycles. The van der Waals surface area contributed by atoms with Crippen LogP contribution in [0.15, 0.2) is 0 Å². The first-order chi connectivity index (χ1) is 8.71. The van der Waals surface area contributed by atoms with E-state index in [0.29, 0.717) is 6.04 Å². The van der Waals surface area contributed by atoms with Gasteiger partial charge >= 0.3 is 6.03 Å². The van der Waals surface area contributed by atoms with Crippen LogP contribution in [0.2, 0.25) is 0 Å². The maximum atomic E-state index is 12.1. The quantitative estimate of drug-likeness (QED) is 0.775. The lowest BCUT2D eigenvalue weighted by Crippen LogP contribution is -2.62. The highest BCUT2D eigenvalue weighted by atomic mass is 16.2. The van der Waals surface area contributed by atoms with Crippen molar-refractivity contribution in [3.63, 3.8) is 0 Å². The molecule has 5 rings (SSSR count). The Hall–Kier alpha value is -0.730. The molecule has 5 fully saturated rings. The minimum absolute atomic E-state index is 0.113. The van der Waals surface area contributed by atoms with Gasteiger partial charge < -0.3 is 10.6 Å². The molecule has 0 spiro atoms. The molecular formula is C15H24N2O. The molecular weight excluding hydrogens is 224 g/mol. The molecule has 18 heavy (non-hydrogen) atoms. The fourth-order valence-electron chi connectivity index (χ4n) is 5.28. The van der Waals surface area contributed by atoms with Gasteiger partial charge in [-0.2, -0.15) is 0 Å². The Balaban J connectivity index is 1.42. The number of rotatable bonds is 2. The van der Waals surface area contributed by atoms with Crippen molar-refractivity contribution in [1.29, 1.82) is 0 Å². The van der Waals surface area contributed by atoms with E-state index in [2.05, 4.69) is 10.6 Å². The molecule has 0 heterocycles. The Morgan fingerprint density at radius 2 is 1.50 bits per heavy atom. The van der Waals surface area contributed by atoms with Crippen LogP contribution < -0.4 is 10.6 Å². The van der Waals surface area contributed by atoms with Crippen molar-refractivity contribution in [3.05, 3.63) is 0 Å². The summed E-state index contributed by atoms with van der Waals surface area (Å²) in [5.74, 6) is 2.71. The Kier molecular flexibility index (Phi) is 2.40. The molecule has 3 nitrogen and oxygen atoms in total. The van der Waals surface area contributed by atoms with E-state index in [1.807, 2.05) is 0 Å². The van der Waals surface area contributed by atoms with Crippen LogP contribution in [0.4, 0.5) is 4.79 Å². The van der Waals surface area contributed by atoms with Crippen LogP contribution in [-0.2, 0) is 0 Å². The molecule has 5 aliphatic rings. The number of hydrogen-bond donors (Lipinski definition) is 2. The van der Waals surface area contributed by atoms with Crippen LogP contribution in [0, 0.1) is 17.8 Å². The van der Waals surface area contributed by atoms with E-state index >= 15 is 0 Å². The van der Waals surface area contributed by atoms with Crippen LogP contribution in [0.5, 0.6) is 0 Å². The van der Waals surface area contributed by atoms with E-state index < -0.39 is 0 Å². The zero-order chi connectivity index (χ0) is 12.2. The summed E-state index contributed by atoms with van der Waals surface area (Å²) in [6.07, 6.45) is 11.7. The van der Waals surface area contributed by atoms with Gasteiger partial charge in [0, 0.05) is 11.6 Å². The van der Waals surface area contributed by atoms with E-state index in [-0.39, 0.29) is 11.6 Å². The third-order valence-electron chi connectivity index (χ3n) is 5.86. The summed E-state index contributed by atoms with van der Waals surface area (Å²) < 4.78 is 0. The highest BCUT2D eigenvalue weighted by molar-refractivity contribution is 5.75. The molecule has 0 aliphatic heterocycles. The molecule has 0 aromatic rings. The monoisotopic (exact) mass is 248 g/mol. The summed E-state index contributed by atoms with van der Waals surface area (Å²) in [5, 5.41) is 6.51. The van der Waals surface area contributed by atoms with Crippen LogP contribution >= 0.6 is 0 Å². The summed E-state index contributed by atoms with van der Waals surface area (Å²) >= 11 is 0. The van der Waals surface area contributed by atoms with Crippen molar-refractivity contribution in [2.45, 2.75) is 69.4 Å². The first-order valence-corrected chi connectivity index (χ1v) is 7.79. The summed E-state index contributed by atoms with van der Waals surface area (Å²) in [6, 6.07) is 0.570. The number of carbonyl (C=O) groups excluding carboxylic acids is 1. The number of hydrogen-bond acceptors (Lipinski definition) is 1. The van der Waals surface area contributed by atoms with Crippen molar-refractivity contribution in [3.8, 4) is 0 Å². The van der Waals surface area contributed by atoms with Gasteiger partial charge in [-0.05, 0) is 75.5 Å². The van der Waals surface area contributed by atoms with Crippen molar-refractivity contribution in [1.82, 2.24) is 10.6 Å². The second-order valence-electron chi connectivity index (χ2n) is 7.42. The van der Waals surface area contributed by atoms with Gasteiger partial charge in [-0.25, -0.2) is 4.79 Å². The molecule has 0 saturated heterocycles. The molecule has 5 aliphatic carbocycles. The predicted octanol–water partition coefficient (Wildman–Crippen LogP) is 2.81. The molecule has 5 saturated carbocycles. The van der Waals surface area contributed by atoms with Crippen LogP contribution in [-0.4, -0.2) is 17.6 Å². The molecule has 2 N–H and O–H groups in total. The van der Waals surface area contributed by atoms with E-state index in [1.165, 1.54) is 57.8 Å². The largest absolute Gasteiger partial charge is 0.335 e. The Morgan fingerprint density at radius 3 is 1.94 bits per heavy atom. The van der Waals surface area contributed by atoms with E-state index in [9.17, 15) is 4.79 Å². The normalized spacial score (nSPS) is 45.7. The van der Waals surface area contributed by atoms with E-state index in [4.69, 9.17) is 0 Å². The predicted molar refractivity (Wildman–Crippen MR) is 70.2 cm³/mol. The fraction of sp³-hybridized carbons (Fsp3) is 0.933. The van der Waals surface area contributed by atoms with Gasteiger partial charge in [-0.1, -0.05) is 0 Å². The van der Waals surface area contributed by atoms with Crippen molar-refractivity contribution in [2.75, 3.05) is 0 Å². The van der Waals surface area contributed by atoms with Gasteiger partial charge in [0.2, 0.25) is 0 Å². The average Bonchev–Trinajstić information content (AvgIpc) is 2.20. The Morgan fingerprint density at radius 1 is 0.944 bits per heavy atom. The molecule has 100 valence electrons. The Bertz CT molecular complexity index is 326. The van der Waals surface area contributed by atoms with Gasteiger partial charge in [0.15, 0.2) is 0 Å². The number of amides is 2. The smallest absolute Gasteiger partial charge is 0.315 e. The molecule has 0 aromatic carbocycles. The van der Waals surface area contributed by atoms with Gasteiger partial charge in [0.05, 0.1) is 0 Å². The zero-order valence-electron chi connectivity index (χ0n) is 11.1. The number of carbonyl (C=O) groups is 1. The average molecular weight is 248 g/mol. The van der Waals surface area contributed by atoms with E-state index in [1.54, 1.807) is 0 Å². The van der Waals surface area contributed by atoms with Crippen molar-refractivity contribution >= 4 is 6.03 Å². The van der Waals surface area contributed by atoms with Crippen LogP contribution in [0.25, 0.3) is 0 Å². The summed E-state index contributed by atoms with van der Waals surface area (Å²) in [5.41, 5.74) is 0.169. The highest BCUT2D eigenvalue weighted by Gasteiger charge is 2.51. The second-order valence-corrected chi connectivity index (χ2v) is 7.42. The summed E-state index contributed by atoms with van der Waals surface area (Å²) in [4.78, 5) is 12.1. The van der Waals surface area contributed by atoms with Gasteiger partial charge in [-0.15, -0.1) is 0 Å². The minimum atomic E-state index is 0.113. The lowest BCUT2D eigenvalue weighted by atomic mass is 9.53. The molecule has 2 amide bonds. The third-order valence-corrected chi connectivity index (χ3v) is 5.86. The fourth-order valence-corrected chi connectivity index (χ4v) is 5.28. The number of urea groups is 1. The van der Waals surface area contributed by atoms with Crippen LogP contribution in [0.1, 0.15) is 57.8 Å². The summed E-state index contributed by atoms with van der Waals surface area (Å²) in [6.45, 7) is 0. The minimum Gasteiger partial charge on any atom is -0.335 e. The molecule has 4 bridgehead atoms. The summed E-state index contributed by atoms with van der Waals surface area (Å²) in [7, 11) is 0. The molecule has 0 atom stereocenters. The maximum Gasteiger partial charge on any atom is 0.315 e. The molecule has 0 unspecified atom stereocenters. The first-order valence-electron chi connectivity index (χ1n) is 7.79. The standard InChI is InChI=1S/C15H24N2O/c18-14(16-13-2-1-3-13)17-15-7-10-4-11(8-15)6-12(5-10)9-15/h10-13H,1-9H2,(H2,16,17,18). The maximum absolute atomic E-state index is 12.1. The lowest BCUT2D eigenvalue weighted by molar-refractivity contribution is -0.0138. The number of nitrogens with one attached hydrogen (secondary N) is 2. The van der Waals surface area contributed by atoms with Gasteiger partial charge in [0.1, 0.15) is 0 Å². The SMILES string of the molecule is O=C(NC1CCC1)NC12CC3CC(CC(C3)C1)C2. The van der Waals surface area contributed by atoms with Crippen LogP contribution in [0.3, 0.4) is 0 Å². The molecule has 3 heteroatoms. The highest BCUT2D eigenvalue weighted by Crippen LogP contribution is 2.55. The van der Waals surface area contributed by atoms with Crippen molar-refractivity contribution < 1.29 is 4.79 Å². The van der Waals surface area contributed by atoms with Gasteiger partial charge in [0.25, 0.3) is 0 Å². The first kappa shape index (κ1) is 11.1.